The van der Waals surface area contributed by atoms with Crippen LogP contribution >= 0.6 is 15.4 Å². The molecule has 0 heterocycles. The molecule has 0 saturated heterocycles. The first kappa shape index (κ1) is 21.0. The van der Waals surface area contributed by atoms with Crippen molar-refractivity contribution >= 4 is 15.4 Å². The predicted octanol–water partition coefficient (Wildman–Crippen LogP) is 5.26. The second-order valence-corrected chi connectivity index (χ2v) is 9.28. The van der Waals surface area contributed by atoms with Gasteiger partial charge in [0.05, 0.1) is 0 Å². The maximum atomic E-state index is 12.9. The quantitative estimate of drug-likeness (QED) is 0.532. The first-order valence-electron chi connectivity index (χ1n) is 7.68. The van der Waals surface area contributed by atoms with Crippen LogP contribution in [0, 0.1) is 0 Å². The van der Waals surface area contributed by atoms with Crippen molar-refractivity contribution in [2.24, 2.45) is 0 Å². The van der Waals surface area contributed by atoms with E-state index in [0.29, 0.717) is 5.56 Å². The molecule has 0 radical (unpaired) electrons. The Morgan fingerprint density at radius 2 is 1.19 bits per heavy atom. The zero-order chi connectivity index (χ0) is 19.2. The number of benzene rings is 2. The van der Waals surface area contributed by atoms with Crippen LogP contribution in [-0.2, 0) is 31.7 Å². The molecule has 0 fully saturated rings. The Bertz CT molecular complexity index is 777. The van der Waals surface area contributed by atoms with E-state index in [1.54, 1.807) is 12.1 Å². The molecule has 0 N–H and O–H groups in total. The molecule has 142 valence electrons. The van der Waals surface area contributed by atoms with Gasteiger partial charge in [-0.1, -0.05) is 54.6 Å². The van der Waals surface area contributed by atoms with E-state index in [4.69, 9.17) is 22.6 Å². The van der Waals surface area contributed by atoms with Crippen LogP contribution in [0.4, 0.5) is 0 Å². The summed E-state index contributed by atoms with van der Waals surface area (Å²) >= 11 is 0. The number of phosphoric acid groups is 1. The maximum Gasteiger partial charge on any atom is 0.475 e. The molecule has 1 unspecified atom stereocenters. The molecule has 0 aliphatic heterocycles. The van der Waals surface area contributed by atoms with Crippen LogP contribution in [0.3, 0.4) is 0 Å². The van der Waals surface area contributed by atoms with E-state index < -0.39 is 21.3 Å². The number of hydrogen-bond donors (Lipinski definition) is 0. The molecule has 2 rings (SSSR count). The normalized spacial score (nSPS) is 13.5. The van der Waals surface area contributed by atoms with Crippen LogP contribution in [0.1, 0.15) is 11.4 Å². The average Bonchev–Trinajstić information content (AvgIpc) is 2.72. The second kappa shape index (κ2) is 9.07. The van der Waals surface area contributed by atoms with E-state index >= 15 is 0 Å². The summed E-state index contributed by atoms with van der Waals surface area (Å²) in [6.45, 7) is 0. The summed E-state index contributed by atoms with van der Waals surface area (Å²) in [5, 5.41) is 0. The van der Waals surface area contributed by atoms with Crippen molar-refractivity contribution in [1.29, 1.82) is 0 Å². The van der Waals surface area contributed by atoms with Crippen molar-refractivity contribution in [3.05, 3.63) is 60.2 Å². The van der Waals surface area contributed by atoms with Crippen molar-refractivity contribution < 1.29 is 31.7 Å². The van der Waals surface area contributed by atoms with Crippen molar-refractivity contribution in [3.8, 4) is 11.1 Å². The molecule has 2 aromatic rings. The summed E-state index contributed by atoms with van der Waals surface area (Å²) in [4.78, 5) is 0. The van der Waals surface area contributed by atoms with Gasteiger partial charge in [0.15, 0.2) is 5.85 Å². The first-order valence-corrected chi connectivity index (χ1v) is 10.7. The van der Waals surface area contributed by atoms with Gasteiger partial charge < -0.3 is 9.05 Å². The van der Waals surface area contributed by atoms with E-state index in [1.807, 2.05) is 42.5 Å². The Morgan fingerprint density at radius 1 is 0.692 bits per heavy atom. The molecule has 0 aliphatic carbocycles. The lowest BCUT2D eigenvalue weighted by Crippen LogP contribution is -2.08. The topological polar surface area (TPSA) is 80.3 Å². The van der Waals surface area contributed by atoms with Crippen LogP contribution in [0.2, 0.25) is 0 Å². The lowest BCUT2D eigenvalue weighted by molar-refractivity contribution is 0.116. The Labute approximate surface area is 153 Å². The van der Waals surface area contributed by atoms with Gasteiger partial charge in [-0.2, -0.15) is 0 Å². The second-order valence-electron chi connectivity index (χ2n) is 5.16. The summed E-state index contributed by atoms with van der Waals surface area (Å²) in [5.74, 6) is -1.28. The lowest BCUT2D eigenvalue weighted by Gasteiger charge is -2.27. The fourth-order valence-electron chi connectivity index (χ4n) is 2.32. The summed E-state index contributed by atoms with van der Waals surface area (Å²) in [5.41, 5.74) is 2.43. The molecular formula is C17H22O7P2. The van der Waals surface area contributed by atoms with Gasteiger partial charge in [-0.05, 0) is 16.7 Å². The summed E-state index contributed by atoms with van der Waals surface area (Å²) in [7, 11) is -2.91. The minimum atomic E-state index is -3.93. The third-order valence-corrected chi connectivity index (χ3v) is 7.30. The molecule has 1 atom stereocenters. The zero-order valence-electron chi connectivity index (χ0n) is 15.0. The third-order valence-electron chi connectivity index (χ3n) is 3.78. The summed E-state index contributed by atoms with van der Waals surface area (Å²) < 4.78 is 50.4. The molecule has 0 spiro atoms. The smallest absolute Gasteiger partial charge is 0.310 e. The highest BCUT2D eigenvalue weighted by Gasteiger charge is 2.42. The Kier molecular flexibility index (Phi) is 7.33. The molecule has 0 aliphatic rings. The average molecular weight is 400 g/mol. The molecule has 0 amide bonds. The van der Waals surface area contributed by atoms with E-state index in [2.05, 4.69) is 0 Å². The van der Waals surface area contributed by atoms with Gasteiger partial charge >= 0.3 is 15.4 Å². The van der Waals surface area contributed by atoms with E-state index in [1.165, 1.54) is 28.4 Å². The van der Waals surface area contributed by atoms with Crippen LogP contribution in [0.25, 0.3) is 11.1 Å². The van der Waals surface area contributed by atoms with Crippen LogP contribution in [0.5, 0.6) is 0 Å². The van der Waals surface area contributed by atoms with Gasteiger partial charge in [-0.3, -0.25) is 18.1 Å². The highest BCUT2D eigenvalue weighted by atomic mass is 31.2. The molecule has 9 heteroatoms. The van der Waals surface area contributed by atoms with Gasteiger partial charge in [-0.25, -0.2) is 4.57 Å². The largest absolute Gasteiger partial charge is 0.475 e. The van der Waals surface area contributed by atoms with Gasteiger partial charge in [0.2, 0.25) is 0 Å². The first-order chi connectivity index (χ1) is 12.4. The van der Waals surface area contributed by atoms with Crippen LogP contribution in [0.15, 0.2) is 54.6 Å². The number of hydrogen-bond acceptors (Lipinski definition) is 7. The highest BCUT2D eigenvalue weighted by molar-refractivity contribution is 7.55. The summed E-state index contributed by atoms with van der Waals surface area (Å²) in [6, 6.07) is 16.8. The predicted molar refractivity (Wildman–Crippen MR) is 99.0 cm³/mol. The lowest BCUT2D eigenvalue weighted by atomic mass is 10.0. The molecule has 2 aromatic carbocycles. The molecule has 0 aromatic heterocycles. The summed E-state index contributed by atoms with van der Waals surface area (Å²) in [6.07, 6.45) is 0. The minimum absolute atomic E-state index is 0.450. The Balaban J connectivity index is 2.42. The van der Waals surface area contributed by atoms with E-state index in [0.717, 1.165) is 11.1 Å². The van der Waals surface area contributed by atoms with E-state index in [9.17, 15) is 9.13 Å². The van der Waals surface area contributed by atoms with Gasteiger partial charge in [0.1, 0.15) is 0 Å². The molecule has 0 saturated carbocycles. The van der Waals surface area contributed by atoms with Crippen LogP contribution < -0.4 is 0 Å². The number of phosphoric ester groups is 1. The standard InChI is InChI=1S/C17H22O7P2/c1-20-25(18,21-2)17(24-26(19,22-3)23-4)16-12-10-15(11-13-16)14-8-6-5-7-9-14/h5-13,17H,1-4H3. The maximum absolute atomic E-state index is 12.9. The minimum Gasteiger partial charge on any atom is -0.310 e. The van der Waals surface area contributed by atoms with Crippen molar-refractivity contribution in [2.75, 3.05) is 28.4 Å². The van der Waals surface area contributed by atoms with Gasteiger partial charge in [-0.15, -0.1) is 0 Å². The zero-order valence-corrected chi connectivity index (χ0v) is 16.8. The fourth-order valence-corrected chi connectivity index (χ4v) is 4.89. The molecule has 26 heavy (non-hydrogen) atoms. The third kappa shape index (κ3) is 4.70. The monoisotopic (exact) mass is 400 g/mol. The highest BCUT2D eigenvalue weighted by Crippen LogP contribution is 2.66. The molecular weight excluding hydrogens is 378 g/mol. The molecule has 0 bridgehead atoms. The van der Waals surface area contributed by atoms with Gasteiger partial charge in [0.25, 0.3) is 0 Å². The van der Waals surface area contributed by atoms with Crippen LogP contribution in [-0.4, -0.2) is 28.4 Å². The fraction of sp³-hybridized carbons (Fsp3) is 0.294. The number of rotatable bonds is 9. The Morgan fingerprint density at radius 3 is 1.65 bits per heavy atom. The van der Waals surface area contributed by atoms with Crippen molar-refractivity contribution in [1.82, 2.24) is 0 Å². The van der Waals surface area contributed by atoms with Crippen molar-refractivity contribution in [2.45, 2.75) is 5.85 Å². The van der Waals surface area contributed by atoms with Gasteiger partial charge in [0, 0.05) is 28.4 Å². The van der Waals surface area contributed by atoms with E-state index in [-0.39, 0.29) is 0 Å². The van der Waals surface area contributed by atoms with Crippen molar-refractivity contribution in [3.63, 3.8) is 0 Å². The molecule has 7 nitrogen and oxygen atoms in total. The SMILES string of the molecule is COP(=O)(OC)OC(c1ccc(-c2ccccc2)cc1)P(=O)(OC)OC. The Hall–Kier alpha value is -1.30.